The first-order valence-corrected chi connectivity index (χ1v) is 6.21. The highest BCUT2D eigenvalue weighted by Gasteiger charge is 2.11. The number of anilines is 2. The molecule has 0 fully saturated rings. The van der Waals surface area contributed by atoms with Crippen LogP contribution in [0.25, 0.3) is 21.2 Å². The van der Waals surface area contributed by atoms with E-state index >= 15 is 0 Å². The first-order valence-electron chi connectivity index (χ1n) is 5.39. The maximum atomic E-state index is 6.06. The number of halogens is 1. The minimum Gasteiger partial charge on any atom is -0.396 e. The molecule has 4 heteroatoms. The Bertz CT molecular complexity index is 677. The molecule has 2 nitrogen and oxygen atoms in total. The average Bonchev–Trinajstić information content (AvgIpc) is 2.66. The van der Waals surface area contributed by atoms with Gasteiger partial charge in [0.15, 0.2) is 0 Å². The van der Waals surface area contributed by atoms with Crippen LogP contribution >= 0.6 is 23.7 Å². The van der Waals surface area contributed by atoms with Crippen molar-refractivity contribution in [1.29, 1.82) is 0 Å². The number of rotatable bonds is 1. The van der Waals surface area contributed by atoms with Crippen LogP contribution in [0.15, 0.2) is 48.5 Å². The van der Waals surface area contributed by atoms with E-state index in [2.05, 4.69) is 24.3 Å². The van der Waals surface area contributed by atoms with Crippen molar-refractivity contribution < 1.29 is 0 Å². The zero-order valence-corrected chi connectivity index (χ0v) is 11.2. The van der Waals surface area contributed by atoms with Crippen LogP contribution in [0, 0.1) is 0 Å². The molecule has 0 bridgehead atoms. The second kappa shape index (κ2) is 4.88. The zero-order valence-electron chi connectivity index (χ0n) is 9.59. The highest BCUT2D eigenvalue weighted by atomic mass is 35.5. The summed E-state index contributed by atoms with van der Waals surface area (Å²) in [5.41, 5.74) is 15.0. The molecular formula is C14H13ClN2S. The second-order valence-electron chi connectivity index (χ2n) is 3.92. The number of nitrogen functional groups attached to an aromatic ring is 2. The van der Waals surface area contributed by atoms with E-state index in [0.29, 0.717) is 10.7 Å². The summed E-state index contributed by atoms with van der Waals surface area (Å²) in [6.45, 7) is 0. The third-order valence-electron chi connectivity index (χ3n) is 2.87. The van der Waals surface area contributed by atoms with Crippen LogP contribution in [-0.4, -0.2) is 0 Å². The minimum absolute atomic E-state index is 0. The largest absolute Gasteiger partial charge is 0.396 e. The van der Waals surface area contributed by atoms with Crippen LogP contribution in [-0.2, 0) is 0 Å². The van der Waals surface area contributed by atoms with Crippen LogP contribution in [0.3, 0.4) is 0 Å². The predicted molar refractivity (Wildman–Crippen MR) is 83.3 cm³/mol. The molecule has 0 aliphatic heterocycles. The van der Waals surface area contributed by atoms with Gasteiger partial charge in [-0.1, -0.05) is 42.5 Å². The first kappa shape index (κ1) is 12.7. The van der Waals surface area contributed by atoms with E-state index < -0.39 is 0 Å². The summed E-state index contributed by atoms with van der Waals surface area (Å²) in [6.07, 6.45) is 0. The standard InChI is InChI=1S/C14H12N2S.ClH/c15-13-12-10(9-5-2-1-3-6-9)7-4-8-11(12)17-14(13)16;/h1-8H,15-16H2;1H. The lowest BCUT2D eigenvalue weighted by atomic mass is 10.0. The number of benzene rings is 2. The molecule has 3 aromatic rings. The van der Waals surface area contributed by atoms with Crippen molar-refractivity contribution in [3.8, 4) is 11.1 Å². The Morgan fingerprint density at radius 1 is 0.833 bits per heavy atom. The molecule has 4 N–H and O–H groups in total. The van der Waals surface area contributed by atoms with Gasteiger partial charge in [0.2, 0.25) is 0 Å². The van der Waals surface area contributed by atoms with Gasteiger partial charge in [-0.05, 0) is 17.2 Å². The number of thiophene rings is 1. The average molecular weight is 277 g/mol. The summed E-state index contributed by atoms with van der Waals surface area (Å²) in [4.78, 5) is 0. The van der Waals surface area contributed by atoms with E-state index in [0.717, 1.165) is 15.6 Å². The third kappa shape index (κ3) is 1.92. The molecule has 0 radical (unpaired) electrons. The van der Waals surface area contributed by atoms with E-state index in [4.69, 9.17) is 11.5 Å². The van der Waals surface area contributed by atoms with Gasteiger partial charge in [-0.2, -0.15) is 0 Å². The summed E-state index contributed by atoms with van der Waals surface area (Å²) in [5, 5.41) is 1.77. The van der Waals surface area contributed by atoms with Gasteiger partial charge in [-0.15, -0.1) is 23.7 Å². The normalized spacial score (nSPS) is 10.2. The highest BCUT2D eigenvalue weighted by Crippen LogP contribution is 2.41. The first-order chi connectivity index (χ1) is 8.27. The van der Waals surface area contributed by atoms with Crippen LogP contribution < -0.4 is 11.5 Å². The van der Waals surface area contributed by atoms with Crippen molar-refractivity contribution >= 4 is 44.5 Å². The lowest BCUT2D eigenvalue weighted by molar-refractivity contribution is 1.66. The Balaban J connectivity index is 0.00000120. The van der Waals surface area contributed by atoms with Gasteiger partial charge in [-0.25, -0.2) is 0 Å². The lowest BCUT2D eigenvalue weighted by Gasteiger charge is -2.04. The molecule has 0 unspecified atom stereocenters. The molecule has 0 saturated carbocycles. The summed E-state index contributed by atoms with van der Waals surface area (Å²) in [5.74, 6) is 0. The van der Waals surface area contributed by atoms with E-state index in [9.17, 15) is 0 Å². The van der Waals surface area contributed by atoms with Crippen LogP contribution in [0.4, 0.5) is 10.7 Å². The van der Waals surface area contributed by atoms with Crippen LogP contribution in [0.2, 0.25) is 0 Å². The van der Waals surface area contributed by atoms with Crippen molar-refractivity contribution in [2.24, 2.45) is 0 Å². The maximum Gasteiger partial charge on any atom is 0.110 e. The summed E-state index contributed by atoms with van der Waals surface area (Å²) in [6, 6.07) is 16.4. The Morgan fingerprint density at radius 3 is 2.28 bits per heavy atom. The molecular weight excluding hydrogens is 264 g/mol. The Kier molecular flexibility index (Phi) is 3.45. The molecule has 3 rings (SSSR count). The van der Waals surface area contributed by atoms with E-state index in [1.165, 1.54) is 5.56 Å². The molecule has 0 aliphatic rings. The highest BCUT2D eigenvalue weighted by molar-refractivity contribution is 7.23. The zero-order chi connectivity index (χ0) is 11.8. The molecule has 0 spiro atoms. The van der Waals surface area contributed by atoms with Gasteiger partial charge >= 0.3 is 0 Å². The Hall–Kier alpha value is -1.71. The maximum absolute atomic E-state index is 6.06. The smallest absolute Gasteiger partial charge is 0.110 e. The van der Waals surface area contributed by atoms with Gasteiger partial charge in [0.1, 0.15) is 5.00 Å². The van der Waals surface area contributed by atoms with Gasteiger partial charge in [0.25, 0.3) is 0 Å². The fraction of sp³-hybridized carbons (Fsp3) is 0. The van der Waals surface area contributed by atoms with Crippen molar-refractivity contribution in [3.05, 3.63) is 48.5 Å². The van der Waals surface area contributed by atoms with Crippen molar-refractivity contribution in [2.75, 3.05) is 11.5 Å². The summed E-state index contributed by atoms with van der Waals surface area (Å²) in [7, 11) is 0. The predicted octanol–water partition coefficient (Wildman–Crippen LogP) is 4.15. The molecule has 1 aromatic heterocycles. The molecule has 2 aromatic carbocycles. The number of hydrogen-bond donors (Lipinski definition) is 2. The second-order valence-corrected chi connectivity index (χ2v) is 5.01. The lowest BCUT2D eigenvalue weighted by Crippen LogP contribution is -1.89. The molecule has 0 atom stereocenters. The minimum atomic E-state index is 0. The van der Waals surface area contributed by atoms with E-state index in [1.807, 2.05) is 24.3 Å². The fourth-order valence-electron chi connectivity index (χ4n) is 2.05. The fourth-order valence-corrected chi connectivity index (χ4v) is 2.97. The summed E-state index contributed by atoms with van der Waals surface area (Å²) >= 11 is 1.54. The van der Waals surface area contributed by atoms with E-state index in [1.54, 1.807) is 11.3 Å². The molecule has 18 heavy (non-hydrogen) atoms. The SMILES string of the molecule is Cl.Nc1sc2cccc(-c3ccccc3)c2c1N. The molecule has 1 heterocycles. The van der Waals surface area contributed by atoms with Crippen molar-refractivity contribution in [3.63, 3.8) is 0 Å². The quantitative estimate of drug-likeness (QED) is 0.701. The van der Waals surface area contributed by atoms with E-state index in [-0.39, 0.29) is 12.4 Å². The summed E-state index contributed by atoms with van der Waals surface area (Å²) < 4.78 is 1.14. The molecule has 0 amide bonds. The number of nitrogens with two attached hydrogens (primary N) is 2. The Labute approximate surface area is 116 Å². The van der Waals surface area contributed by atoms with Gasteiger partial charge < -0.3 is 11.5 Å². The molecule has 92 valence electrons. The van der Waals surface area contributed by atoms with Crippen LogP contribution in [0.5, 0.6) is 0 Å². The monoisotopic (exact) mass is 276 g/mol. The topological polar surface area (TPSA) is 52.0 Å². The third-order valence-corrected chi connectivity index (χ3v) is 3.87. The van der Waals surface area contributed by atoms with Gasteiger partial charge in [-0.3, -0.25) is 0 Å². The van der Waals surface area contributed by atoms with Crippen molar-refractivity contribution in [1.82, 2.24) is 0 Å². The van der Waals surface area contributed by atoms with Crippen molar-refractivity contribution in [2.45, 2.75) is 0 Å². The number of hydrogen-bond acceptors (Lipinski definition) is 3. The Morgan fingerprint density at radius 2 is 1.56 bits per heavy atom. The number of fused-ring (bicyclic) bond motifs is 1. The van der Waals surface area contributed by atoms with Gasteiger partial charge in [0, 0.05) is 10.1 Å². The molecule has 0 aliphatic carbocycles. The van der Waals surface area contributed by atoms with Crippen LogP contribution in [0.1, 0.15) is 0 Å². The van der Waals surface area contributed by atoms with Gasteiger partial charge in [0.05, 0.1) is 5.69 Å². The molecule has 0 saturated heterocycles.